The highest BCUT2D eigenvalue weighted by molar-refractivity contribution is 6.61. The molecule has 88 valence electrons. The van der Waals surface area contributed by atoms with E-state index >= 15 is 0 Å². The summed E-state index contributed by atoms with van der Waals surface area (Å²) in [6.45, 7) is -0.0986. The normalized spacial score (nSPS) is 13.8. The predicted molar refractivity (Wildman–Crippen MR) is 59.0 cm³/mol. The van der Waals surface area contributed by atoms with Crippen molar-refractivity contribution in [2.45, 2.75) is 0 Å². The molecule has 0 fully saturated rings. The maximum Gasteiger partial charge on any atom is 0.403 e. The number of fused-ring (bicyclic) bond motifs is 1. The largest absolute Gasteiger partial charge is 0.452 e. The number of carbonyl (C=O) groups excluding carboxylic acids is 3. The van der Waals surface area contributed by atoms with E-state index in [4.69, 9.17) is 11.6 Å². The van der Waals surface area contributed by atoms with Crippen molar-refractivity contribution in [1.29, 1.82) is 0 Å². The summed E-state index contributed by atoms with van der Waals surface area (Å²) < 4.78 is 4.48. The summed E-state index contributed by atoms with van der Waals surface area (Å²) in [7, 11) is 0. The molecule has 0 spiro atoms. The van der Waals surface area contributed by atoms with Gasteiger partial charge in [-0.05, 0) is 12.1 Å². The van der Waals surface area contributed by atoms with Crippen LogP contribution in [0.1, 0.15) is 20.7 Å². The van der Waals surface area contributed by atoms with Crippen LogP contribution in [0.4, 0.5) is 4.79 Å². The molecule has 0 aliphatic carbocycles. The summed E-state index contributed by atoms with van der Waals surface area (Å²) in [5.74, 6) is -0.757. The van der Waals surface area contributed by atoms with E-state index in [2.05, 4.69) is 4.74 Å². The van der Waals surface area contributed by atoms with Crippen LogP contribution in [0.5, 0.6) is 0 Å². The van der Waals surface area contributed by atoms with Crippen molar-refractivity contribution in [1.82, 2.24) is 4.90 Å². The van der Waals surface area contributed by atoms with E-state index in [9.17, 15) is 14.4 Å². The number of carbonyl (C=O) groups is 3. The third-order valence-corrected chi connectivity index (χ3v) is 2.52. The molecule has 1 aromatic carbocycles. The van der Waals surface area contributed by atoms with Crippen molar-refractivity contribution in [3.05, 3.63) is 35.4 Å². The molecule has 1 aliphatic rings. The number of benzene rings is 1. The Morgan fingerprint density at radius 1 is 1.18 bits per heavy atom. The van der Waals surface area contributed by atoms with Gasteiger partial charge < -0.3 is 4.74 Å². The van der Waals surface area contributed by atoms with Crippen molar-refractivity contribution in [2.24, 2.45) is 0 Å². The van der Waals surface area contributed by atoms with Crippen LogP contribution in [-0.4, -0.2) is 35.3 Å². The highest BCUT2D eigenvalue weighted by atomic mass is 35.5. The van der Waals surface area contributed by atoms with Crippen LogP contribution in [0.2, 0.25) is 0 Å². The van der Waals surface area contributed by atoms with Gasteiger partial charge in [0, 0.05) is 11.6 Å². The average molecular weight is 254 g/mol. The minimum atomic E-state index is -0.957. The highest BCUT2D eigenvalue weighted by Crippen LogP contribution is 2.21. The molecular weight excluding hydrogens is 246 g/mol. The number of ether oxygens (including phenoxy) is 1. The lowest BCUT2D eigenvalue weighted by Crippen LogP contribution is -2.33. The fraction of sp³-hybridized carbons (Fsp3) is 0.182. The molecule has 0 N–H and O–H groups in total. The summed E-state index contributed by atoms with van der Waals surface area (Å²) >= 11 is 4.98. The number of halogens is 1. The van der Waals surface area contributed by atoms with Gasteiger partial charge in [0.25, 0.3) is 11.8 Å². The first-order chi connectivity index (χ1) is 8.11. The Labute approximate surface area is 102 Å². The van der Waals surface area contributed by atoms with Gasteiger partial charge in [0.2, 0.25) is 0 Å². The van der Waals surface area contributed by atoms with Crippen molar-refractivity contribution in [3.63, 3.8) is 0 Å². The number of imide groups is 1. The number of hydrogen-bond acceptors (Lipinski definition) is 4. The van der Waals surface area contributed by atoms with Gasteiger partial charge in [-0.1, -0.05) is 12.1 Å². The lowest BCUT2D eigenvalue weighted by molar-refractivity contribution is 0.0615. The van der Waals surface area contributed by atoms with Crippen molar-refractivity contribution in [2.75, 3.05) is 13.2 Å². The highest BCUT2D eigenvalue weighted by Gasteiger charge is 2.34. The second-order valence-electron chi connectivity index (χ2n) is 3.39. The fourth-order valence-electron chi connectivity index (χ4n) is 1.66. The average Bonchev–Trinajstić information content (AvgIpc) is 2.54. The second kappa shape index (κ2) is 4.55. The Hall–Kier alpha value is -1.88. The molecule has 5 nitrogen and oxygen atoms in total. The van der Waals surface area contributed by atoms with Gasteiger partial charge >= 0.3 is 5.43 Å². The molecule has 0 unspecified atom stereocenters. The Bertz CT molecular complexity index is 465. The van der Waals surface area contributed by atoms with Crippen LogP contribution in [0, 0.1) is 0 Å². The fourth-order valence-corrected chi connectivity index (χ4v) is 1.74. The molecule has 1 aromatic rings. The lowest BCUT2D eigenvalue weighted by Gasteiger charge is -2.12. The van der Waals surface area contributed by atoms with E-state index in [0.717, 1.165) is 4.90 Å². The molecule has 1 aliphatic heterocycles. The molecule has 0 radical (unpaired) electrons. The van der Waals surface area contributed by atoms with Gasteiger partial charge in [-0.15, -0.1) is 0 Å². The molecule has 2 rings (SSSR count). The minimum absolute atomic E-state index is 0.00477. The molecule has 0 saturated heterocycles. The Balaban J connectivity index is 2.11. The summed E-state index contributed by atoms with van der Waals surface area (Å²) in [6, 6.07) is 6.55. The quantitative estimate of drug-likeness (QED) is 0.607. The van der Waals surface area contributed by atoms with E-state index in [1.165, 1.54) is 0 Å². The first-order valence-corrected chi connectivity index (χ1v) is 5.26. The summed E-state index contributed by atoms with van der Waals surface area (Å²) in [5.41, 5.74) is -0.217. The zero-order valence-corrected chi connectivity index (χ0v) is 9.44. The van der Waals surface area contributed by atoms with E-state index in [-0.39, 0.29) is 25.0 Å². The maximum atomic E-state index is 11.8. The van der Waals surface area contributed by atoms with Crippen LogP contribution in [0.25, 0.3) is 0 Å². The molecule has 17 heavy (non-hydrogen) atoms. The smallest absolute Gasteiger partial charge is 0.403 e. The van der Waals surface area contributed by atoms with Crippen LogP contribution >= 0.6 is 11.6 Å². The first kappa shape index (κ1) is 11.6. The number of nitrogens with zero attached hydrogens (tertiary/aromatic N) is 1. The third kappa shape index (κ3) is 2.14. The Morgan fingerprint density at radius 3 is 2.18 bits per heavy atom. The Kier molecular flexibility index (Phi) is 3.10. The number of hydrogen-bond donors (Lipinski definition) is 0. The van der Waals surface area contributed by atoms with E-state index in [0.29, 0.717) is 11.1 Å². The van der Waals surface area contributed by atoms with Crippen molar-refractivity contribution < 1.29 is 19.1 Å². The summed E-state index contributed by atoms with van der Waals surface area (Å²) in [5, 5.41) is 0. The van der Waals surface area contributed by atoms with E-state index < -0.39 is 5.43 Å². The molecule has 6 heteroatoms. The Morgan fingerprint density at radius 2 is 1.71 bits per heavy atom. The summed E-state index contributed by atoms with van der Waals surface area (Å²) in [4.78, 5) is 35.0. The maximum absolute atomic E-state index is 11.8. The SMILES string of the molecule is O=C(Cl)OCCN1C(=O)c2ccccc2C1=O. The van der Waals surface area contributed by atoms with Crippen LogP contribution in [0.15, 0.2) is 24.3 Å². The molecule has 0 bridgehead atoms. The zero-order chi connectivity index (χ0) is 12.4. The molecule has 2 amide bonds. The topological polar surface area (TPSA) is 63.7 Å². The minimum Gasteiger partial charge on any atom is -0.452 e. The van der Waals surface area contributed by atoms with E-state index in [1.54, 1.807) is 24.3 Å². The van der Waals surface area contributed by atoms with Crippen molar-refractivity contribution >= 4 is 28.8 Å². The second-order valence-corrected chi connectivity index (χ2v) is 3.70. The van der Waals surface area contributed by atoms with Gasteiger partial charge in [0.15, 0.2) is 0 Å². The van der Waals surface area contributed by atoms with Gasteiger partial charge in [-0.2, -0.15) is 0 Å². The van der Waals surface area contributed by atoms with Crippen LogP contribution in [0.3, 0.4) is 0 Å². The molecule has 1 heterocycles. The predicted octanol–water partition coefficient (Wildman–Crippen LogP) is 1.66. The van der Waals surface area contributed by atoms with Crippen molar-refractivity contribution in [3.8, 4) is 0 Å². The molecular formula is C11H8ClNO4. The molecule has 0 aromatic heterocycles. The zero-order valence-electron chi connectivity index (χ0n) is 8.68. The number of rotatable bonds is 3. The monoisotopic (exact) mass is 253 g/mol. The summed E-state index contributed by atoms with van der Waals surface area (Å²) in [6.07, 6.45) is 0. The standard InChI is InChI=1S/C11H8ClNO4/c12-11(16)17-6-5-13-9(14)7-3-1-2-4-8(7)10(13)15/h1-4H,5-6H2. The molecule has 0 saturated carbocycles. The lowest BCUT2D eigenvalue weighted by atomic mass is 10.1. The van der Waals surface area contributed by atoms with Crippen LogP contribution < -0.4 is 0 Å². The van der Waals surface area contributed by atoms with Gasteiger partial charge in [0.05, 0.1) is 17.7 Å². The number of amides is 2. The van der Waals surface area contributed by atoms with Crippen LogP contribution in [-0.2, 0) is 4.74 Å². The van der Waals surface area contributed by atoms with Gasteiger partial charge in [-0.25, -0.2) is 4.79 Å². The third-order valence-electron chi connectivity index (χ3n) is 2.41. The van der Waals surface area contributed by atoms with E-state index in [1.807, 2.05) is 0 Å². The van der Waals surface area contributed by atoms with Gasteiger partial charge in [-0.3, -0.25) is 14.5 Å². The molecule has 0 atom stereocenters. The van der Waals surface area contributed by atoms with Gasteiger partial charge in [0.1, 0.15) is 6.61 Å². The first-order valence-electron chi connectivity index (χ1n) is 4.88.